The van der Waals surface area contributed by atoms with Crippen molar-refractivity contribution in [3.63, 3.8) is 0 Å². The van der Waals surface area contributed by atoms with Crippen LogP contribution in [0.4, 0.5) is 13.2 Å². The van der Waals surface area contributed by atoms with Crippen molar-refractivity contribution in [3.8, 4) is 0 Å². The first kappa shape index (κ1) is 16.6. The van der Waals surface area contributed by atoms with Gasteiger partial charge < -0.3 is 4.42 Å². The van der Waals surface area contributed by atoms with Crippen LogP contribution in [0, 0.1) is 0 Å². The minimum absolute atomic E-state index is 0.274. The van der Waals surface area contributed by atoms with E-state index in [4.69, 9.17) is 4.42 Å². The van der Waals surface area contributed by atoms with E-state index in [9.17, 15) is 13.2 Å². The fourth-order valence-electron chi connectivity index (χ4n) is 2.48. The fourth-order valence-corrected chi connectivity index (χ4v) is 2.48. The zero-order valence-corrected chi connectivity index (χ0v) is 12.8. The molecule has 0 atom stereocenters. The van der Waals surface area contributed by atoms with E-state index >= 15 is 0 Å². The molecule has 0 aliphatic heterocycles. The van der Waals surface area contributed by atoms with E-state index in [1.165, 1.54) is 6.08 Å². The van der Waals surface area contributed by atoms with Gasteiger partial charge in [-0.3, -0.25) is 0 Å². The van der Waals surface area contributed by atoms with Crippen LogP contribution in [0.25, 0.3) is 5.57 Å². The van der Waals surface area contributed by atoms with Crippen molar-refractivity contribution in [3.05, 3.63) is 47.2 Å². The molecular weight excluding hydrogens is 291 g/mol. The largest absolute Gasteiger partial charge is 0.441 e. The molecule has 22 heavy (non-hydrogen) atoms. The number of hydrogen-bond donors (Lipinski definition) is 0. The lowest BCUT2D eigenvalue weighted by atomic mass is 10.0. The van der Waals surface area contributed by atoms with E-state index < -0.39 is 11.7 Å². The molecule has 0 bridgehead atoms. The van der Waals surface area contributed by atoms with Crippen LogP contribution >= 0.6 is 0 Å². The summed E-state index contributed by atoms with van der Waals surface area (Å²) in [5.74, 6) is 1.08. The first-order chi connectivity index (χ1) is 10.5. The van der Waals surface area contributed by atoms with Gasteiger partial charge in [0, 0.05) is 12.0 Å². The number of aryl methyl sites for hydroxylation is 2. The van der Waals surface area contributed by atoms with Crippen LogP contribution in [0.15, 0.2) is 34.3 Å². The van der Waals surface area contributed by atoms with E-state index in [2.05, 4.69) is 4.98 Å². The van der Waals surface area contributed by atoms with Gasteiger partial charge in [0.1, 0.15) is 5.76 Å². The summed E-state index contributed by atoms with van der Waals surface area (Å²) < 4.78 is 44.9. The third-order valence-corrected chi connectivity index (χ3v) is 3.50. The molecule has 1 aromatic rings. The van der Waals surface area contributed by atoms with Gasteiger partial charge in [0.15, 0.2) is 0 Å². The van der Waals surface area contributed by atoms with Gasteiger partial charge in [0.25, 0.3) is 0 Å². The van der Waals surface area contributed by atoms with Crippen LogP contribution in [-0.2, 0) is 12.8 Å². The molecule has 0 saturated heterocycles. The highest BCUT2D eigenvalue weighted by molar-refractivity contribution is 5.71. The molecule has 1 aromatic heterocycles. The van der Waals surface area contributed by atoms with Crippen LogP contribution in [0.5, 0.6) is 0 Å². The molecule has 0 spiro atoms. The predicted molar refractivity (Wildman–Crippen MR) is 80.4 cm³/mol. The second-order valence-electron chi connectivity index (χ2n) is 5.26. The quantitative estimate of drug-likeness (QED) is 0.695. The zero-order valence-electron chi connectivity index (χ0n) is 12.8. The van der Waals surface area contributed by atoms with Crippen molar-refractivity contribution in [1.82, 2.24) is 4.98 Å². The number of nitrogens with zero attached hydrogens (tertiary/aromatic N) is 1. The third kappa shape index (κ3) is 3.90. The Morgan fingerprint density at radius 2 is 2.00 bits per heavy atom. The summed E-state index contributed by atoms with van der Waals surface area (Å²) in [5, 5.41) is 0. The normalized spacial score (nSPS) is 17.1. The van der Waals surface area contributed by atoms with Crippen LogP contribution in [-0.4, -0.2) is 11.2 Å². The minimum atomic E-state index is -4.38. The highest BCUT2D eigenvalue weighted by atomic mass is 19.4. The molecule has 0 amide bonds. The second kappa shape index (κ2) is 6.99. The first-order valence-corrected chi connectivity index (χ1v) is 7.56. The number of rotatable bonds is 4. The van der Waals surface area contributed by atoms with Crippen molar-refractivity contribution < 1.29 is 17.6 Å². The Morgan fingerprint density at radius 1 is 1.27 bits per heavy atom. The number of allylic oxidation sites excluding steroid dienone is 6. The lowest BCUT2D eigenvalue weighted by Gasteiger charge is -2.08. The molecule has 120 valence electrons. The Labute approximate surface area is 128 Å². The maximum absolute atomic E-state index is 13.1. The molecule has 0 radical (unpaired) electrons. The molecular formula is C17H20F3NO. The fraction of sp³-hybridized carbons (Fsp3) is 0.471. The monoisotopic (exact) mass is 311 g/mol. The Hall–Kier alpha value is -1.78. The molecule has 5 heteroatoms. The number of oxazole rings is 1. The minimum Gasteiger partial charge on any atom is -0.441 e. The maximum Gasteiger partial charge on any atom is 0.416 e. The summed E-state index contributed by atoms with van der Waals surface area (Å²) in [6.45, 7) is 3.44. The number of aromatic nitrogens is 1. The number of hydrogen-bond acceptors (Lipinski definition) is 2. The van der Waals surface area contributed by atoms with E-state index in [0.717, 1.165) is 43.2 Å². The molecule has 1 aliphatic rings. The molecule has 0 saturated carbocycles. The van der Waals surface area contributed by atoms with Gasteiger partial charge in [-0.2, -0.15) is 13.2 Å². The smallest absolute Gasteiger partial charge is 0.416 e. The lowest BCUT2D eigenvalue weighted by Crippen LogP contribution is -2.10. The molecule has 0 unspecified atom stereocenters. The highest BCUT2D eigenvalue weighted by Crippen LogP contribution is 2.31. The van der Waals surface area contributed by atoms with Crippen molar-refractivity contribution in [2.45, 2.75) is 52.1 Å². The summed E-state index contributed by atoms with van der Waals surface area (Å²) in [5.41, 5.74) is 0.567. The zero-order chi connectivity index (χ0) is 16.2. The molecule has 2 rings (SSSR count). The molecule has 1 aliphatic carbocycles. The molecule has 0 fully saturated rings. The molecule has 0 N–H and O–H groups in total. The standard InChI is InChI=1S/C17H20F3NO/c1-3-7-12(11-13(8-4-2)17(18,19)20)16-21-14-9-5-6-10-15(14)22-16/h3,7-8,11H,4-6,9-10H2,1-2H3/b7-3-,12-11+,13-8-. The van der Waals surface area contributed by atoms with E-state index in [-0.39, 0.29) is 5.89 Å². The SMILES string of the molecule is C\C=C/C(=C\C(=C\CC)C(F)(F)F)c1nc2c(o1)CCCC2. The van der Waals surface area contributed by atoms with Gasteiger partial charge in [0.2, 0.25) is 5.89 Å². The van der Waals surface area contributed by atoms with Crippen LogP contribution in [0.1, 0.15) is 50.5 Å². The number of fused-ring (bicyclic) bond motifs is 1. The van der Waals surface area contributed by atoms with Gasteiger partial charge in [-0.25, -0.2) is 4.98 Å². The average Bonchev–Trinajstić information content (AvgIpc) is 2.88. The van der Waals surface area contributed by atoms with Gasteiger partial charge >= 0.3 is 6.18 Å². The van der Waals surface area contributed by atoms with E-state index in [1.807, 2.05) is 0 Å². The molecule has 0 aromatic carbocycles. The summed E-state index contributed by atoms with van der Waals surface area (Å²) in [6.07, 6.45) is 5.24. The highest BCUT2D eigenvalue weighted by Gasteiger charge is 2.32. The average molecular weight is 311 g/mol. The molecule has 1 heterocycles. The Balaban J connectivity index is 2.43. The van der Waals surface area contributed by atoms with Gasteiger partial charge in [-0.1, -0.05) is 25.2 Å². The molecule has 2 nitrogen and oxygen atoms in total. The number of halogens is 3. The maximum atomic E-state index is 13.1. The summed E-state index contributed by atoms with van der Waals surface area (Å²) in [4.78, 5) is 4.38. The van der Waals surface area contributed by atoms with Gasteiger partial charge in [0.05, 0.1) is 11.3 Å². The predicted octanol–water partition coefficient (Wildman–Crippen LogP) is 5.41. The number of alkyl halides is 3. The van der Waals surface area contributed by atoms with Crippen LogP contribution < -0.4 is 0 Å². The van der Waals surface area contributed by atoms with Crippen molar-refractivity contribution >= 4 is 5.57 Å². The topological polar surface area (TPSA) is 26.0 Å². The summed E-state index contributed by atoms with van der Waals surface area (Å²) >= 11 is 0. The summed E-state index contributed by atoms with van der Waals surface area (Å²) in [7, 11) is 0. The Morgan fingerprint density at radius 3 is 2.59 bits per heavy atom. The van der Waals surface area contributed by atoms with Crippen LogP contribution in [0.3, 0.4) is 0 Å². The van der Waals surface area contributed by atoms with Crippen molar-refractivity contribution in [2.24, 2.45) is 0 Å². The second-order valence-corrected chi connectivity index (χ2v) is 5.26. The van der Waals surface area contributed by atoms with E-state index in [0.29, 0.717) is 12.0 Å². The summed E-state index contributed by atoms with van der Waals surface area (Å²) in [6, 6.07) is 0. The van der Waals surface area contributed by atoms with Gasteiger partial charge in [-0.15, -0.1) is 0 Å². The lowest BCUT2D eigenvalue weighted by molar-refractivity contribution is -0.0883. The van der Waals surface area contributed by atoms with Crippen molar-refractivity contribution in [1.29, 1.82) is 0 Å². The Kier molecular flexibility index (Phi) is 5.27. The van der Waals surface area contributed by atoms with Crippen LogP contribution in [0.2, 0.25) is 0 Å². The Bertz CT molecular complexity index is 582. The first-order valence-electron chi connectivity index (χ1n) is 7.56. The van der Waals surface area contributed by atoms with E-state index in [1.54, 1.807) is 26.0 Å². The van der Waals surface area contributed by atoms with Gasteiger partial charge in [-0.05, 0) is 38.7 Å². The van der Waals surface area contributed by atoms with Crippen molar-refractivity contribution in [2.75, 3.05) is 0 Å². The third-order valence-electron chi connectivity index (χ3n) is 3.50.